The molecule has 0 saturated carbocycles. The molecule has 2 N–H and O–H groups in total. The van der Waals surface area contributed by atoms with Crippen molar-refractivity contribution in [2.75, 3.05) is 33.4 Å². The van der Waals surface area contributed by atoms with Gasteiger partial charge in [0.2, 0.25) is 0 Å². The van der Waals surface area contributed by atoms with Crippen LogP contribution in [0, 0.1) is 0 Å². The fraction of sp³-hybridized carbons (Fsp3) is 1.00. The molecule has 4 nitrogen and oxygen atoms in total. The Bertz CT molecular complexity index is 143. The number of aliphatic hydroxyl groups is 1. The Morgan fingerprint density at radius 2 is 2.07 bits per heavy atom. The molecule has 0 aliphatic carbocycles. The molecule has 0 aromatic rings. The molecule has 0 aliphatic rings. The van der Waals surface area contributed by atoms with Crippen molar-refractivity contribution in [3.63, 3.8) is 0 Å². The Labute approximate surface area is 80.0 Å². The van der Waals surface area contributed by atoms with Gasteiger partial charge in [0.25, 0.3) is 0 Å². The molecule has 0 fully saturated rings. The molecule has 0 saturated heterocycles. The average molecular weight is 217 g/mol. The van der Waals surface area contributed by atoms with Crippen molar-refractivity contribution in [1.82, 2.24) is 5.32 Å². The van der Waals surface area contributed by atoms with Crippen molar-refractivity contribution in [3.05, 3.63) is 0 Å². The van der Waals surface area contributed by atoms with Crippen molar-refractivity contribution < 1.29 is 27.8 Å². The van der Waals surface area contributed by atoms with Crippen LogP contribution in [0.3, 0.4) is 0 Å². The fourth-order valence-electron chi connectivity index (χ4n) is 0.759. The molecule has 86 valence electrons. The molecule has 0 bridgehead atoms. The van der Waals surface area contributed by atoms with Crippen LogP contribution in [0.4, 0.5) is 13.2 Å². The van der Waals surface area contributed by atoms with Crippen LogP contribution in [0.2, 0.25) is 0 Å². The number of rotatable bonds is 7. The lowest BCUT2D eigenvalue weighted by Crippen LogP contribution is -2.33. The molecule has 0 rings (SSSR count). The minimum Gasteiger partial charge on any atom is -0.389 e. The van der Waals surface area contributed by atoms with E-state index in [-0.39, 0.29) is 19.7 Å². The topological polar surface area (TPSA) is 50.7 Å². The van der Waals surface area contributed by atoms with Gasteiger partial charge in [0.1, 0.15) is 0 Å². The van der Waals surface area contributed by atoms with Gasteiger partial charge in [-0.05, 0) is 0 Å². The summed E-state index contributed by atoms with van der Waals surface area (Å²) in [5.74, 6) is 0. The highest BCUT2D eigenvalue weighted by molar-refractivity contribution is 4.57. The minimum absolute atomic E-state index is 0.0281. The molecule has 14 heavy (non-hydrogen) atoms. The third-order valence-corrected chi connectivity index (χ3v) is 1.28. The van der Waals surface area contributed by atoms with E-state index in [1.54, 1.807) is 0 Å². The summed E-state index contributed by atoms with van der Waals surface area (Å²) >= 11 is 0. The summed E-state index contributed by atoms with van der Waals surface area (Å²) in [6.07, 6.45) is -5.31. The second-order valence-corrected chi connectivity index (χ2v) is 2.61. The third kappa shape index (κ3) is 9.72. The summed E-state index contributed by atoms with van der Waals surface area (Å²) in [6, 6.07) is 0. The first-order valence-electron chi connectivity index (χ1n) is 4.04. The number of nitrogens with one attached hydrogen (secondary N) is 1. The molecule has 0 amide bonds. The summed E-state index contributed by atoms with van der Waals surface area (Å²) in [5.41, 5.74) is 0. The number of methoxy groups -OCH3 is 1. The Morgan fingerprint density at radius 1 is 1.43 bits per heavy atom. The van der Waals surface area contributed by atoms with Gasteiger partial charge in [-0.2, -0.15) is 0 Å². The highest BCUT2D eigenvalue weighted by atomic mass is 19.4. The van der Waals surface area contributed by atoms with Gasteiger partial charge in [0.05, 0.1) is 19.3 Å². The molecular formula is C7H14F3NO3. The molecule has 0 aromatic carbocycles. The Hall–Kier alpha value is -0.370. The molecule has 1 unspecified atom stereocenters. The molecule has 0 aromatic heterocycles. The predicted octanol–water partition coefficient (Wildman–Crippen LogP) is 0.120. The first kappa shape index (κ1) is 13.6. The van der Waals surface area contributed by atoms with Crippen LogP contribution < -0.4 is 5.32 Å². The van der Waals surface area contributed by atoms with E-state index in [9.17, 15) is 13.2 Å². The number of hydrogen-bond acceptors (Lipinski definition) is 4. The SMILES string of the molecule is COCC(O)CNCCOC(F)(F)F. The van der Waals surface area contributed by atoms with E-state index in [0.717, 1.165) is 0 Å². The summed E-state index contributed by atoms with van der Waals surface area (Å²) < 4.78 is 42.4. The van der Waals surface area contributed by atoms with E-state index in [2.05, 4.69) is 14.8 Å². The lowest BCUT2D eigenvalue weighted by atomic mass is 10.4. The van der Waals surface area contributed by atoms with Crippen molar-refractivity contribution >= 4 is 0 Å². The number of hydrogen-bond donors (Lipinski definition) is 2. The summed E-state index contributed by atoms with van der Waals surface area (Å²) in [7, 11) is 1.43. The largest absolute Gasteiger partial charge is 0.522 e. The maximum atomic E-state index is 11.4. The molecule has 0 spiro atoms. The average Bonchev–Trinajstić information content (AvgIpc) is 2.02. The molecule has 0 radical (unpaired) electrons. The van der Waals surface area contributed by atoms with Crippen LogP contribution in [0.1, 0.15) is 0 Å². The number of alkyl halides is 3. The normalized spacial score (nSPS) is 14.4. The third-order valence-electron chi connectivity index (χ3n) is 1.28. The van der Waals surface area contributed by atoms with E-state index >= 15 is 0 Å². The van der Waals surface area contributed by atoms with Crippen LogP contribution in [0.15, 0.2) is 0 Å². The van der Waals surface area contributed by atoms with Gasteiger partial charge in [0.15, 0.2) is 0 Å². The maximum absolute atomic E-state index is 11.4. The smallest absolute Gasteiger partial charge is 0.389 e. The van der Waals surface area contributed by atoms with Gasteiger partial charge in [-0.15, -0.1) is 13.2 Å². The maximum Gasteiger partial charge on any atom is 0.522 e. The van der Waals surface area contributed by atoms with Gasteiger partial charge in [-0.3, -0.25) is 4.74 Å². The Kier molecular flexibility index (Phi) is 6.81. The zero-order valence-electron chi connectivity index (χ0n) is 7.80. The first-order chi connectivity index (χ1) is 6.45. The van der Waals surface area contributed by atoms with E-state index in [1.165, 1.54) is 7.11 Å². The van der Waals surface area contributed by atoms with Crippen molar-refractivity contribution in [2.45, 2.75) is 12.5 Å². The second kappa shape index (κ2) is 6.99. The zero-order chi connectivity index (χ0) is 11.0. The summed E-state index contributed by atoms with van der Waals surface area (Å²) in [6.45, 7) is -0.119. The molecule has 7 heteroatoms. The van der Waals surface area contributed by atoms with Gasteiger partial charge in [-0.25, -0.2) is 0 Å². The van der Waals surface area contributed by atoms with Gasteiger partial charge < -0.3 is 15.2 Å². The van der Waals surface area contributed by atoms with Crippen LogP contribution in [0.5, 0.6) is 0 Å². The highest BCUT2D eigenvalue weighted by Gasteiger charge is 2.28. The van der Waals surface area contributed by atoms with E-state index in [0.29, 0.717) is 0 Å². The first-order valence-corrected chi connectivity index (χ1v) is 4.04. The van der Waals surface area contributed by atoms with Crippen molar-refractivity contribution in [2.24, 2.45) is 0 Å². The number of aliphatic hydroxyl groups excluding tert-OH is 1. The summed E-state index contributed by atoms with van der Waals surface area (Å²) in [4.78, 5) is 0. The minimum atomic E-state index is -4.59. The molecule has 1 atom stereocenters. The van der Waals surface area contributed by atoms with Gasteiger partial charge in [-0.1, -0.05) is 0 Å². The second-order valence-electron chi connectivity index (χ2n) is 2.61. The molecule has 0 aliphatic heterocycles. The zero-order valence-corrected chi connectivity index (χ0v) is 7.80. The van der Waals surface area contributed by atoms with Gasteiger partial charge in [0, 0.05) is 20.2 Å². The molecular weight excluding hydrogens is 203 g/mol. The van der Waals surface area contributed by atoms with Crippen LogP contribution in [0.25, 0.3) is 0 Å². The monoisotopic (exact) mass is 217 g/mol. The highest BCUT2D eigenvalue weighted by Crippen LogP contribution is 2.14. The van der Waals surface area contributed by atoms with Crippen LogP contribution in [-0.2, 0) is 9.47 Å². The van der Waals surface area contributed by atoms with Crippen LogP contribution in [-0.4, -0.2) is 51.0 Å². The number of halogens is 3. The van der Waals surface area contributed by atoms with E-state index in [4.69, 9.17) is 5.11 Å². The molecule has 0 heterocycles. The quantitative estimate of drug-likeness (QED) is 0.595. The lowest BCUT2D eigenvalue weighted by molar-refractivity contribution is -0.323. The standard InChI is InChI=1S/C7H14F3NO3/c1-13-5-6(12)4-11-2-3-14-7(8,9)10/h6,11-12H,2-5H2,1H3. The van der Waals surface area contributed by atoms with Crippen molar-refractivity contribution in [1.29, 1.82) is 0 Å². The van der Waals surface area contributed by atoms with E-state index < -0.39 is 19.1 Å². The fourth-order valence-corrected chi connectivity index (χ4v) is 0.759. The van der Waals surface area contributed by atoms with Gasteiger partial charge >= 0.3 is 6.36 Å². The summed E-state index contributed by atoms with van der Waals surface area (Å²) in [5, 5.41) is 11.6. The predicted molar refractivity (Wildman–Crippen MR) is 42.8 cm³/mol. The van der Waals surface area contributed by atoms with Crippen molar-refractivity contribution in [3.8, 4) is 0 Å². The number of ether oxygens (including phenoxy) is 2. The van der Waals surface area contributed by atoms with E-state index in [1.807, 2.05) is 0 Å². The Morgan fingerprint density at radius 3 is 2.57 bits per heavy atom. The lowest BCUT2D eigenvalue weighted by Gasteiger charge is -2.11. The van der Waals surface area contributed by atoms with Crippen LogP contribution >= 0.6 is 0 Å². The Balaban J connectivity index is 3.21.